The topological polar surface area (TPSA) is 69.7 Å². The van der Waals surface area contributed by atoms with Gasteiger partial charge in [0.2, 0.25) is 11.8 Å². The number of benzene rings is 1. The maximum Gasteiger partial charge on any atom is 0.471 e. The lowest BCUT2D eigenvalue weighted by Crippen LogP contribution is -2.54. The summed E-state index contributed by atoms with van der Waals surface area (Å²) in [5, 5.41) is 2.78. The van der Waals surface area contributed by atoms with Gasteiger partial charge in [0.15, 0.2) is 0 Å². The van der Waals surface area contributed by atoms with E-state index < -0.39 is 30.1 Å². The van der Waals surface area contributed by atoms with Gasteiger partial charge in [0.25, 0.3) is 0 Å². The van der Waals surface area contributed by atoms with Crippen LogP contribution in [0.1, 0.15) is 31.2 Å². The number of hydrogen-bond donors (Lipinski definition) is 1. The maximum absolute atomic E-state index is 12.9. The van der Waals surface area contributed by atoms with E-state index in [-0.39, 0.29) is 18.9 Å². The Morgan fingerprint density at radius 2 is 1.57 bits per heavy atom. The first-order valence-electron chi connectivity index (χ1n) is 9.29. The highest BCUT2D eigenvalue weighted by Gasteiger charge is 2.49. The summed E-state index contributed by atoms with van der Waals surface area (Å²) in [7, 11) is 0. The zero-order chi connectivity index (χ0) is 20.3. The van der Waals surface area contributed by atoms with Crippen LogP contribution in [0.25, 0.3) is 0 Å². The number of nitrogens with one attached hydrogen (secondary N) is 1. The quantitative estimate of drug-likeness (QED) is 0.843. The smallest absolute Gasteiger partial charge is 0.350 e. The lowest BCUT2D eigenvalue weighted by Gasteiger charge is -2.31. The van der Waals surface area contributed by atoms with Crippen LogP contribution in [0.5, 0.6) is 0 Å². The normalized spacial score (nSPS) is 22.4. The predicted molar refractivity (Wildman–Crippen MR) is 93.8 cm³/mol. The van der Waals surface area contributed by atoms with Crippen molar-refractivity contribution in [1.29, 1.82) is 0 Å². The first-order chi connectivity index (χ1) is 13.3. The molecule has 0 saturated carbocycles. The Kier molecular flexibility index (Phi) is 5.90. The molecule has 0 aliphatic carbocycles. The first kappa shape index (κ1) is 20.2. The van der Waals surface area contributed by atoms with Crippen molar-refractivity contribution in [2.45, 2.75) is 50.5 Å². The van der Waals surface area contributed by atoms with Gasteiger partial charge in [-0.25, -0.2) is 0 Å². The van der Waals surface area contributed by atoms with Gasteiger partial charge in [0.1, 0.15) is 12.1 Å². The zero-order valence-corrected chi connectivity index (χ0v) is 15.2. The fourth-order valence-corrected chi connectivity index (χ4v) is 3.83. The van der Waals surface area contributed by atoms with Crippen LogP contribution >= 0.6 is 0 Å². The van der Waals surface area contributed by atoms with Gasteiger partial charge >= 0.3 is 12.1 Å². The minimum Gasteiger partial charge on any atom is -0.350 e. The van der Waals surface area contributed by atoms with Gasteiger partial charge in [-0.2, -0.15) is 13.2 Å². The number of likely N-dealkylation sites (tertiary alicyclic amines) is 2. The lowest BCUT2D eigenvalue weighted by molar-refractivity contribution is -0.187. The van der Waals surface area contributed by atoms with Crippen molar-refractivity contribution in [2.75, 3.05) is 13.1 Å². The average Bonchev–Trinajstić information content (AvgIpc) is 3.34. The first-order valence-corrected chi connectivity index (χ1v) is 9.29. The summed E-state index contributed by atoms with van der Waals surface area (Å²) in [6.07, 6.45) is -3.46. The summed E-state index contributed by atoms with van der Waals surface area (Å²) in [4.78, 5) is 39.0. The van der Waals surface area contributed by atoms with Crippen LogP contribution in [0.2, 0.25) is 0 Å². The summed E-state index contributed by atoms with van der Waals surface area (Å²) in [5.74, 6) is -2.90. The summed E-state index contributed by atoms with van der Waals surface area (Å²) in [6, 6.07) is 7.39. The number of hydrogen-bond acceptors (Lipinski definition) is 3. The Balaban J connectivity index is 1.65. The lowest BCUT2D eigenvalue weighted by atomic mass is 10.1. The second-order valence-corrected chi connectivity index (χ2v) is 7.05. The molecule has 6 nitrogen and oxygen atoms in total. The summed E-state index contributed by atoms with van der Waals surface area (Å²) < 4.78 is 38.4. The van der Waals surface area contributed by atoms with E-state index in [1.165, 1.54) is 4.90 Å². The molecule has 1 N–H and O–H groups in total. The van der Waals surface area contributed by atoms with E-state index >= 15 is 0 Å². The molecule has 1 unspecified atom stereocenters. The number of carbonyl (C=O) groups is 3. The van der Waals surface area contributed by atoms with Crippen LogP contribution in [0.4, 0.5) is 13.2 Å². The van der Waals surface area contributed by atoms with Crippen molar-refractivity contribution < 1.29 is 27.6 Å². The van der Waals surface area contributed by atoms with Crippen molar-refractivity contribution >= 4 is 17.7 Å². The molecule has 1 aromatic carbocycles. The minimum absolute atomic E-state index is 0.104. The molecule has 9 heteroatoms. The number of nitrogens with zero attached hydrogens (tertiary/aromatic N) is 2. The highest BCUT2D eigenvalue weighted by Crippen LogP contribution is 2.29. The van der Waals surface area contributed by atoms with Gasteiger partial charge in [-0.1, -0.05) is 30.3 Å². The molecule has 0 bridgehead atoms. The Labute approximate surface area is 160 Å². The number of carbonyl (C=O) groups excluding carboxylic acids is 3. The monoisotopic (exact) mass is 397 g/mol. The highest BCUT2D eigenvalue weighted by molar-refractivity contribution is 5.93. The molecule has 3 amide bonds. The second-order valence-electron chi connectivity index (χ2n) is 7.05. The molecule has 2 atom stereocenters. The van der Waals surface area contributed by atoms with Crippen molar-refractivity contribution in [3.63, 3.8) is 0 Å². The third kappa shape index (κ3) is 4.28. The minimum atomic E-state index is -5.01. The van der Waals surface area contributed by atoms with E-state index in [1.54, 1.807) is 0 Å². The fraction of sp³-hybridized carbons (Fsp3) is 0.526. The van der Waals surface area contributed by atoms with E-state index in [9.17, 15) is 27.6 Å². The van der Waals surface area contributed by atoms with Crippen LogP contribution in [-0.4, -0.2) is 58.9 Å². The molecule has 2 fully saturated rings. The Hall–Kier alpha value is -2.58. The Morgan fingerprint density at radius 1 is 0.964 bits per heavy atom. The number of halogens is 3. The summed E-state index contributed by atoms with van der Waals surface area (Å²) >= 11 is 0. The maximum atomic E-state index is 12.9. The molecule has 3 rings (SSSR count). The van der Waals surface area contributed by atoms with Crippen LogP contribution in [0.3, 0.4) is 0 Å². The van der Waals surface area contributed by atoms with Crippen LogP contribution in [-0.2, 0) is 20.9 Å². The van der Waals surface area contributed by atoms with Gasteiger partial charge in [-0.3, -0.25) is 14.4 Å². The molecule has 2 aliphatic rings. The molecule has 0 aromatic heterocycles. The largest absolute Gasteiger partial charge is 0.471 e. The molecule has 152 valence electrons. The van der Waals surface area contributed by atoms with Crippen molar-refractivity contribution in [1.82, 2.24) is 15.1 Å². The standard InChI is InChI=1S/C19H22F3N3O3/c20-19(21,22)18(28)25-11-5-9-15(25)17(27)24-10-4-8-14(24)16(26)23-12-13-6-2-1-3-7-13/h1-3,6-7,14-15H,4-5,8-12H2,(H,23,26)/t14-,15?/m0/s1. The van der Waals surface area contributed by atoms with Crippen LogP contribution in [0.15, 0.2) is 30.3 Å². The van der Waals surface area contributed by atoms with E-state index in [1.807, 2.05) is 30.3 Å². The van der Waals surface area contributed by atoms with Gasteiger partial charge in [-0.15, -0.1) is 0 Å². The van der Waals surface area contributed by atoms with Gasteiger partial charge in [-0.05, 0) is 31.2 Å². The molecule has 0 spiro atoms. The zero-order valence-electron chi connectivity index (χ0n) is 15.2. The average molecular weight is 397 g/mol. The van der Waals surface area contributed by atoms with Crippen molar-refractivity contribution in [3.8, 4) is 0 Å². The molecular weight excluding hydrogens is 375 g/mol. The number of rotatable bonds is 4. The molecule has 0 radical (unpaired) electrons. The fourth-order valence-electron chi connectivity index (χ4n) is 3.83. The van der Waals surface area contributed by atoms with Crippen molar-refractivity contribution in [2.24, 2.45) is 0 Å². The van der Waals surface area contributed by atoms with E-state index in [2.05, 4.69) is 5.32 Å². The number of amides is 3. The van der Waals surface area contributed by atoms with Gasteiger partial charge in [0.05, 0.1) is 0 Å². The Morgan fingerprint density at radius 3 is 2.21 bits per heavy atom. The summed E-state index contributed by atoms with van der Waals surface area (Å²) in [6.45, 7) is 0.501. The molecular formula is C19H22F3N3O3. The van der Waals surface area contributed by atoms with Gasteiger partial charge in [0, 0.05) is 19.6 Å². The molecule has 2 saturated heterocycles. The predicted octanol–water partition coefficient (Wildman–Crippen LogP) is 1.85. The SMILES string of the molecule is O=C(NCc1ccccc1)[C@@H]1CCCN1C(=O)C1CCCN1C(=O)C(F)(F)F. The van der Waals surface area contributed by atoms with E-state index in [4.69, 9.17) is 0 Å². The third-order valence-corrected chi connectivity index (χ3v) is 5.19. The Bertz CT molecular complexity index is 739. The highest BCUT2D eigenvalue weighted by atomic mass is 19.4. The number of alkyl halides is 3. The molecule has 2 aliphatic heterocycles. The third-order valence-electron chi connectivity index (χ3n) is 5.19. The van der Waals surface area contributed by atoms with Crippen molar-refractivity contribution in [3.05, 3.63) is 35.9 Å². The molecule has 2 heterocycles. The molecule has 1 aromatic rings. The second kappa shape index (κ2) is 8.20. The van der Waals surface area contributed by atoms with E-state index in [0.29, 0.717) is 37.3 Å². The van der Waals surface area contributed by atoms with Gasteiger partial charge < -0.3 is 15.1 Å². The van der Waals surface area contributed by atoms with E-state index in [0.717, 1.165) is 5.56 Å². The van der Waals surface area contributed by atoms with Crippen LogP contribution < -0.4 is 5.32 Å². The summed E-state index contributed by atoms with van der Waals surface area (Å²) in [5.41, 5.74) is 0.907. The van der Waals surface area contributed by atoms with Crippen LogP contribution in [0, 0.1) is 0 Å². The molecule has 28 heavy (non-hydrogen) atoms.